The maximum absolute atomic E-state index is 12.4. The fraction of sp³-hybridized carbons (Fsp3) is 0.0952. The minimum absolute atomic E-state index is 0.0126. The van der Waals surface area contributed by atoms with E-state index in [-0.39, 0.29) is 11.8 Å². The summed E-state index contributed by atoms with van der Waals surface area (Å²) >= 11 is 12.9. The summed E-state index contributed by atoms with van der Waals surface area (Å²) in [5.74, 6) is -0.327. The number of aromatic nitrogens is 1. The number of fused-ring (bicyclic) bond motifs is 1. The molecule has 1 N–H and O–H groups in total. The number of aryl methyl sites for hydroxylation is 1. The number of halogens is 1. The summed E-state index contributed by atoms with van der Waals surface area (Å²) in [7, 11) is 0. The number of carbonyl (C=O) groups is 1. The van der Waals surface area contributed by atoms with Crippen molar-refractivity contribution in [2.75, 3.05) is 0 Å². The highest BCUT2D eigenvalue weighted by atomic mass is 35.5. The van der Waals surface area contributed by atoms with Gasteiger partial charge in [-0.2, -0.15) is 0 Å². The molecule has 4 nitrogen and oxygen atoms in total. The van der Waals surface area contributed by atoms with Crippen LogP contribution in [0.1, 0.15) is 16.0 Å². The average Bonchev–Trinajstić information content (AvgIpc) is 2.92. The lowest BCUT2D eigenvalue weighted by molar-refractivity contribution is -0.114. The molecule has 3 aromatic rings. The maximum Gasteiger partial charge on any atom is 0.277 e. The van der Waals surface area contributed by atoms with Crippen molar-refractivity contribution in [3.05, 3.63) is 83.6 Å². The van der Waals surface area contributed by atoms with E-state index in [1.165, 1.54) is 11.3 Å². The normalized spacial score (nSPS) is 14.5. The van der Waals surface area contributed by atoms with Crippen LogP contribution in [0, 0.1) is 10.9 Å². The zero-order valence-corrected chi connectivity index (χ0v) is 17.2. The summed E-state index contributed by atoms with van der Waals surface area (Å²) in [6, 6.07) is 13.1. The Labute approximate surface area is 175 Å². The molecule has 0 radical (unpaired) electrons. The van der Waals surface area contributed by atoms with Crippen molar-refractivity contribution in [3.63, 3.8) is 0 Å². The van der Waals surface area contributed by atoms with Crippen molar-refractivity contribution in [1.29, 1.82) is 0 Å². The number of hydrogen-bond donors (Lipinski definition) is 1. The molecule has 140 valence electrons. The van der Waals surface area contributed by atoms with E-state index in [4.69, 9.17) is 23.8 Å². The van der Waals surface area contributed by atoms with Crippen LogP contribution in [0.2, 0.25) is 5.02 Å². The molecule has 0 fully saturated rings. The second-order valence-electron chi connectivity index (χ2n) is 6.46. The van der Waals surface area contributed by atoms with Gasteiger partial charge in [-0.3, -0.25) is 9.36 Å². The van der Waals surface area contributed by atoms with Gasteiger partial charge in [0.1, 0.15) is 0 Å². The van der Waals surface area contributed by atoms with E-state index in [1.807, 2.05) is 43.3 Å². The van der Waals surface area contributed by atoms with Crippen LogP contribution < -0.4 is 10.6 Å². The quantitative estimate of drug-likeness (QED) is 0.508. The number of carbonyl (C=O) groups excluding carboxylic acids is 1. The van der Waals surface area contributed by atoms with Gasteiger partial charge in [-0.15, -0.1) is 11.3 Å². The van der Waals surface area contributed by atoms with Crippen LogP contribution in [0.5, 0.6) is 5.88 Å². The number of thiazole rings is 1. The van der Waals surface area contributed by atoms with Gasteiger partial charge < -0.3 is 5.11 Å². The van der Waals surface area contributed by atoms with E-state index >= 15 is 0 Å². The van der Waals surface area contributed by atoms with Crippen LogP contribution in [0.25, 0.3) is 12.2 Å². The van der Waals surface area contributed by atoms with Crippen molar-refractivity contribution in [3.8, 4) is 5.88 Å². The third-order valence-corrected chi connectivity index (χ3v) is 6.18. The summed E-state index contributed by atoms with van der Waals surface area (Å²) in [5.41, 5.74) is 2.35. The standard InChI is InChI=1S/C21H15ClN2O2S2/c1-12-6-7-17-14(8-12)9-15(19(25)23-17)10-18-20(26)24(21(27)28-18)11-13-4-2-3-5-16(13)22/h2-10,26H,11H2,1H3/b15-10+. The molecule has 0 saturated carbocycles. The first kappa shape index (κ1) is 18.8. The molecule has 0 atom stereocenters. The molecular weight excluding hydrogens is 412 g/mol. The number of aromatic hydroxyl groups is 1. The highest BCUT2D eigenvalue weighted by molar-refractivity contribution is 7.73. The van der Waals surface area contributed by atoms with Crippen LogP contribution in [0.15, 0.2) is 53.0 Å². The van der Waals surface area contributed by atoms with Crippen molar-refractivity contribution >= 4 is 53.2 Å². The Morgan fingerprint density at radius 1 is 1.29 bits per heavy atom. The number of benzene rings is 2. The SMILES string of the molecule is Cc1ccc2c(c1)=C/C(=C\c1sc(=S)n(Cc3ccccc3Cl)c1O)C(=O)N=2. The number of amides is 1. The minimum atomic E-state index is -0.340. The van der Waals surface area contributed by atoms with Gasteiger partial charge in [-0.1, -0.05) is 41.4 Å². The van der Waals surface area contributed by atoms with Crippen LogP contribution >= 0.6 is 35.2 Å². The highest BCUT2D eigenvalue weighted by Gasteiger charge is 2.16. The van der Waals surface area contributed by atoms with E-state index < -0.39 is 0 Å². The zero-order valence-electron chi connectivity index (χ0n) is 14.8. The topological polar surface area (TPSA) is 54.6 Å². The van der Waals surface area contributed by atoms with E-state index in [0.29, 0.717) is 31.3 Å². The summed E-state index contributed by atoms with van der Waals surface area (Å²) < 4.78 is 2.11. The molecule has 0 bridgehead atoms. The molecule has 0 unspecified atom stereocenters. The second-order valence-corrected chi connectivity index (χ2v) is 8.54. The molecule has 28 heavy (non-hydrogen) atoms. The molecule has 1 aliphatic rings. The molecule has 1 amide bonds. The Bertz CT molecular complexity index is 1320. The van der Waals surface area contributed by atoms with E-state index in [1.54, 1.807) is 22.8 Å². The molecule has 1 aliphatic heterocycles. The number of hydrogen-bond acceptors (Lipinski definition) is 4. The zero-order chi connectivity index (χ0) is 19.8. The van der Waals surface area contributed by atoms with Gasteiger partial charge in [0.05, 0.1) is 16.8 Å². The molecule has 7 heteroatoms. The number of rotatable bonds is 3. The van der Waals surface area contributed by atoms with E-state index in [2.05, 4.69) is 4.99 Å². The Morgan fingerprint density at radius 3 is 2.86 bits per heavy atom. The predicted molar refractivity (Wildman–Crippen MR) is 115 cm³/mol. The molecule has 0 aliphatic carbocycles. The third kappa shape index (κ3) is 3.58. The predicted octanol–water partition coefficient (Wildman–Crippen LogP) is 4.02. The molecule has 1 aromatic heterocycles. The highest BCUT2D eigenvalue weighted by Crippen LogP contribution is 2.30. The molecule has 0 spiro atoms. The van der Waals surface area contributed by atoms with Gasteiger partial charge >= 0.3 is 0 Å². The Morgan fingerprint density at radius 2 is 2.07 bits per heavy atom. The van der Waals surface area contributed by atoms with Crippen LogP contribution in [0.3, 0.4) is 0 Å². The smallest absolute Gasteiger partial charge is 0.277 e. The van der Waals surface area contributed by atoms with Gasteiger partial charge in [0.15, 0.2) is 3.95 Å². The first-order valence-electron chi connectivity index (χ1n) is 8.51. The molecule has 0 saturated heterocycles. The molecule has 2 heterocycles. The first-order valence-corrected chi connectivity index (χ1v) is 10.1. The van der Waals surface area contributed by atoms with Gasteiger partial charge in [0.25, 0.3) is 5.91 Å². The third-order valence-electron chi connectivity index (χ3n) is 4.43. The fourth-order valence-electron chi connectivity index (χ4n) is 2.98. The first-order chi connectivity index (χ1) is 13.4. The molecule has 2 aromatic carbocycles. The molecular formula is C21H15ClN2O2S2. The van der Waals surface area contributed by atoms with E-state index in [9.17, 15) is 9.90 Å². The lowest BCUT2D eigenvalue weighted by atomic mass is 10.1. The lowest BCUT2D eigenvalue weighted by Gasteiger charge is -2.07. The van der Waals surface area contributed by atoms with Gasteiger partial charge in [0.2, 0.25) is 5.88 Å². The van der Waals surface area contributed by atoms with E-state index in [0.717, 1.165) is 16.3 Å². The van der Waals surface area contributed by atoms with Crippen molar-refractivity contribution < 1.29 is 9.90 Å². The second kappa shape index (κ2) is 7.47. The number of nitrogens with zero attached hydrogens (tertiary/aromatic N) is 2. The average molecular weight is 427 g/mol. The monoisotopic (exact) mass is 426 g/mol. The van der Waals surface area contributed by atoms with Crippen LogP contribution in [0.4, 0.5) is 0 Å². The Kier molecular flexibility index (Phi) is 5.02. The van der Waals surface area contributed by atoms with Crippen molar-refractivity contribution in [2.45, 2.75) is 13.5 Å². The minimum Gasteiger partial charge on any atom is -0.493 e. The summed E-state index contributed by atoms with van der Waals surface area (Å²) in [6.07, 6.45) is 3.42. The fourth-order valence-corrected chi connectivity index (χ4v) is 4.44. The van der Waals surface area contributed by atoms with Crippen LogP contribution in [-0.2, 0) is 11.3 Å². The van der Waals surface area contributed by atoms with Crippen LogP contribution in [-0.4, -0.2) is 15.6 Å². The largest absolute Gasteiger partial charge is 0.493 e. The van der Waals surface area contributed by atoms with Gasteiger partial charge in [0, 0.05) is 15.8 Å². The lowest BCUT2D eigenvalue weighted by Crippen LogP contribution is -2.30. The maximum atomic E-state index is 12.4. The van der Waals surface area contributed by atoms with Gasteiger partial charge in [-0.05, 0) is 55.1 Å². The Hall–Kier alpha value is -2.54. The van der Waals surface area contributed by atoms with Crippen molar-refractivity contribution in [1.82, 2.24) is 4.57 Å². The summed E-state index contributed by atoms with van der Waals surface area (Å²) in [6.45, 7) is 2.34. The van der Waals surface area contributed by atoms with Gasteiger partial charge in [-0.25, -0.2) is 4.99 Å². The Balaban J connectivity index is 1.76. The molecule has 4 rings (SSSR count). The van der Waals surface area contributed by atoms with Crippen molar-refractivity contribution in [2.24, 2.45) is 4.99 Å². The summed E-state index contributed by atoms with van der Waals surface area (Å²) in [4.78, 5) is 17.0. The summed E-state index contributed by atoms with van der Waals surface area (Å²) in [5, 5.41) is 12.8.